The van der Waals surface area contributed by atoms with E-state index in [-0.39, 0.29) is 11.9 Å². The van der Waals surface area contributed by atoms with Crippen LogP contribution in [-0.2, 0) is 16.0 Å². The van der Waals surface area contributed by atoms with Crippen molar-refractivity contribution in [2.45, 2.75) is 25.8 Å². The summed E-state index contributed by atoms with van der Waals surface area (Å²) in [5.41, 5.74) is 3.53. The zero-order valence-corrected chi connectivity index (χ0v) is 14.8. The molecular weight excluding hydrogens is 312 g/mol. The van der Waals surface area contributed by atoms with Crippen molar-refractivity contribution < 1.29 is 9.53 Å². The molecule has 3 rings (SSSR count). The van der Waals surface area contributed by atoms with Gasteiger partial charge in [0.15, 0.2) is 0 Å². The van der Waals surface area contributed by atoms with Gasteiger partial charge in [-0.3, -0.25) is 4.79 Å². The molecule has 0 bridgehead atoms. The van der Waals surface area contributed by atoms with E-state index in [2.05, 4.69) is 46.6 Å². The number of carbonyl (C=O) groups is 1. The molecule has 1 N–H and O–H groups in total. The van der Waals surface area contributed by atoms with Crippen LogP contribution >= 0.6 is 0 Å². The van der Waals surface area contributed by atoms with Gasteiger partial charge in [0, 0.05) is 25.2 Å². The molecule has 1 aliphatic heterocycles. The lowest BCUT2D eigenvalue weighted by atomic mass is 10.1. The molecule has 1 fully saturated rings. The topological polar surface area (TPSA) is 41.6 Å². The summed E-state index contributed by atoms with van der Waals surface area (Å²) in [5.74, 6) is 0.0909. The first-order chi connectivity index (χ1) is 12.2. The maximum Gasteiger partial charge on any atom is 0.220 e. The number of hydrogen-bond donors (Lipinski definition) is 1. The highest BCUT2D eigenvalue weighted by atomic mass is 16.5. The minimum Gasteiger partial charge on any atom is -0.378 e. The number of aryl methyl sites for hydroxylation is 1. The normalized spacial score (nSPS) is 15.6. The van der Waals surface area contributed by atoms with Crippen molar-refractivity contribution in [3.8, 4) is 0 Å². The molecule has 0 radical (unpaired) electrons. The fourth-order valence-corrected chi connectivity index (χ4v) is 3.11. The second-order valence-electron chi connectivity index (χ2n) is 6.47. The molecule has 1 amide bonds. The zero-order chi connectivity index (χ0) is 17.5. The van der Waals surface area contributed by atoms with Crippen LogP contribution in [0, 0.1) is 0 Å². The Bertz CT molecular complexity index is 681. The molecule has 0 spiro atoms. The third-order valence-corrected chi connectivity index (χ3v) is 4.61. The lowest BCUT2D eigenvalue weighted by Gasteiger charge is -2.29. The summed E-state index contributed by atoms with van der Waals surface area (Å²) in [6.45, 7) is 5.42. The lowest BCUT2D eigenvalue weighted by Crippen LogP contribution is -2.36. The Balaban J connectivity index is 1.55. The average molecular weight is 338 g/mol. The van der Waals surface area contributed by atoms with Gasteiger partial charge in [-0.15, -0.1) is 0 Å². The van der Waals surface area contributed by atoms with Crippen molar-refractivity contribution >= 4 is 11.6 Å². The van der Waals surface area contributed by atoms with Crippen molar-refractivity contribution in [3.05, 3.63) is 65.7 Å². The third kappa shape index (κ3) is 5.07. The highest BCUT2D eigenvalue weighted by Gasteiger charge is 2.14. The maximum atomic E-state index is 12.2. The predicted octanol–water partition coefficient (Wildman–Crippen LogP) is 3.33. The van der Waals surface area contributed by atoms with Crippen LogP contribution in [0.5, 0.6) is 0 Å². The summed E-state index contributed by atoms with van der Waals surface area (Å²) in [7, 11) is 0. The number of ether oxygens (including phenoxy) is 1. The van der Waals surface area contributed by atoms with Crippen molar-refractivity contribution in [2.24, 2.45) is 0 Å². The molecule has 132 valence electrons. The monoisotopic (exact) mass is 338 g/mol. The van der Waals surface area contributed by atoms with E-state index >= 15 is 0 Å². The van der Waals surface area contributed by atoms with Gasteiger partial charge in [0.25, 0.3) is 0 Å². The number of nitrogens with one attached hydrogen (secondary N) is 1. The van der Waals surface area contributed by atoms with Gasteiger partial charge in [-0.2, -0.15) is 0 Å². The Labute approximate surface area is 149 Å². The Morgan fingerprint density at radius 3 is 2.64 bits per heavy atom. The molecule has 2 aromatic rings. The molecule has 0 saturated carbocycles. The molecule has 4 nitrogen and oxygen atoms in total. The smallest absolute Gasteiger partial charge is 0.220 e. The Morgan fingerprint density at radius 2 is 1.88 bits per heavy atom. The number of nitrogens with zero attached hydrogens (tertiary/aromatic N) is 1. The molecule has 0 aromatic heterocycles. The SMILES string of the molecule is C[C@H](NC(=O)CCc1ccccc1)c1cccc(N2CCOCC2)c1. The van der Waals surface area contributed by atoms with Crippen molar-refractivity contribution in [3.63, 3.8) is 0 Å². The van der Waals surface area contributed by atoms with E-state index < -0.39 is 0 Å². The Morgan fingerprint density at radius 1 is 1.12 bits per heavy atom. The fraction of sp³-hybridized carbons (Fsp3) is 0.381. The highest BCUT2D eigenvalue weighted by molar-refractivity contribution is 5.76. The first kappa shape index (κ1) is 17.5. The van der Waals surface area contributed by atoms with E-state index in [1.807, 2.05) is 25.1 Å². The minimum atomic E-state index is 0.00395. The van der Waals surface area contributed by atoms with Crippen LogP contribution in [0.1, 0.15) is 30.5 Å². The first-order valence-electron chi connectivity index (χ1n) is 8.98. The van der Waals surface area contributed by atoms with Crippen LogP contribution in [0.15, 0.2) is 54.6 Å². The van der Waals surface area contributed by atoms with Gasteiger partial charge in [0.05, 0.1) is 19.3 Å². The van der Waals surface area contributed by atoms with Crippen molar-refractivity contribution in [1.29, 1.82) is 0 Å². The van der Waals surface area contributed by atoms with Crippen LogP contribution in [0.3, 0.4) is 0 Å². The van der Waals surface area contributed by atoms with Gasteiger partial charge in [-0.25, -0.2) is 0 Å². The van der Waals surface area contributed by atoms with Gasteiger partial charge in [-0.05, 0) is 36.6 Å². The molecule has 0 unspecified atom stereocenters. The Kier molecular flexibility index (Phi) is 6.07. The number of anilines is 1. The molecule has 2 aromatic carbocycles. The summed E-state index contributed by atoms with van der Waals surface area (Å²) in [4.78, 5) is 14.6. The average Bonchev–Trinajstić information content (AvgIpc) is 2.68. The van der Waals surface area contributed by atoms with Gasteiger partial charge < -0.3 is 15.0 Å². The van der Waals surface area contributed by atoms with E-state index in [1.165, 1.54) is 11.3 Å². The molecule has 1 atom stereocenters. The predicted molar refractivity (Wildman–Crippen MR) is 101 cm³/mol. The minimum absolute atomic E-state index is 0.00395. The number of hydrogen-bond acceptors (Lipinski definition) is 3. The number of amides is 1. The van der Waals surface area contributed by atoms with Crippen LogP contribution < -0.4 is 10.2 Å². The lowest BCUT2D eigenvalue weighted by molar-refractivity contribution is -0.121. The van der Waals surface area contributed by atoms with Crippen molar-refractivity contribution in [2.75, 3.05) is 31.2 Å². The van der Waals surface area contributed by atoms with Crippen LogP contribution in [0.2, 0.25) is 0 Å². The van der Waals surface area contributed by atoms with Crippen molar-refractivity contribution in [1.82, 2.24) is 5.32 Å². The van der Waals surface area contributed by atoms with E-state index in [9.17, 15) is 4.79 Å². The quantitative estimate of drug-likeness (QED) is 0.878. The molecular formula is C21H26N2O2. The summed E-state index contributed by atoms with van der Waals surface area (Å²) in [5, 5.41) is 3.11. The zero-order valence-electron chi connectivity index (χ0n) is 14.8. The molecule has 25 heavy (non-hydrogen) atoms. The molecule has 4 heteroatoms. The number of benzene rings is 2. The summed E-state index contributed by atoms with van der Waals surface area (Å²) in [6.07, 6.45) is 1.28. The summed E-state index contributed by atoms with van der Waals surface area (Å²) in [6, 6.07) is 18.6. The third-order valence-electron chi connectivity index (χ3n) is 4.61. The van der Waals surface area contributed by atoms with E-state index in [1.54, 1.807) is 0 Å². The van der Waals surface area contributed by atoms with Crippen LogP contribution in [-0.4, -0.2) is 32.2 Å². The van der Waals surface area contributed by atoms with Gasteiger partial charge in [0.1, 0.15) is 0 Å². The van der Waals surface area contributed by atoms with Crippen LogP contribution in [0.25, 0.3) is 0 Å². The van der Waals surface area contributed by atoms with Gasteiger partial charge >= 0.3 is 0 Å². The molecule has 0 aliphatic carbocycles. The Hall–Kier alpha value is -2.33. The maximum absolute atomic E-state index is 12.2. The van der Waals surface area contributed by atoms with E-state index in [4.69, 9.17) is 4.74 Å². The largest absolute Gasteiger partial charge is 0.378 e. The molecule has 1 heterocycles. The van der Waals surface area contributed by atoms with E-state index in [0.717, 1.165) is 38.3 Å². The molecule has 1 saturated heterocycles. The number of carbonyl (C=O) groups excluding carboxylic acids is 1. The van der Waals surface area contributed by atoms with Crippen LogP contribution in [0.4, 0.5) is 5.69 Å². The van der Waals surface area contributed by atoms with E-state index in [0.29, 0.717) is 6.42 Å². The summed E-state index contributed by atoms with van der Waals surface area (Å²) < 4.78 is 5.42. The standard InChI is InChI=1S/C21H26N2O2/c1-17(22-21(24)11-10-18-6-3-2-4-7-18)19-8-5-9-20(16-19)23-12-14-25-15-13-23/h2-9,16-17H,10-15H2,1H3,(H,22,24)/t17-/m0/s1. The van der Waals surface area contributed by atoms with Gasteiger partial charge in [0.2, 0.25) is 5.91 Å². The fourth-order valence-electron chi connectivity index (χ4n) is 3.11. The number of morpholine rings is 1. The summed E-state index contributed by atoms with van der Waals surface area (Å²) >= 11 is 0. The van der Waals surface area contributed by atoms with Gasteiger partial charge in [-0.1, -0.05) is 42.5 Å². The first-order valence-corrected chi connectivity index (χ1v) is 8.98. The molecule has 1 aliphatic rings. The second-order valence-corrected chi connectivity index (χ2v) is 6.47. The highest BCUT2D eigenvalue weighted by Crippen LogP contribution is 2.21. The second kappa shape index (κ2) is 8.67. The number of rotatable bonds is 6.